The fourth-order valence-electron chi connectivity index (χ4n) is 2.15. The van der Waals surface area contributed by atoms with E-state index in [1.54, 1.807) is 32.0 Å². The molecule has 0 aliphatic heterocycles. The van der Waals surface area contributed by atoms with Crippen molar-refractivity contribution >= 4 is 35.0 Å². The van der Waals surface area contributed by atoms with Crippen molar-refractivity contribution in [2.24, 2.45) is 0 Å². The highest BCUT2D eigenvalue weighted by Crippen LogP contribution is 2.26. The molecule has 0 radical (unpaired) electrons. The van der Waals surface area contributed by atoms with Crippen LogP contribution in [0.4, 0.5) is 4.39 Å². The van der Waals surface area contributed by atoms with Crippen LogP contribution >= 0.6 is 23.2 Å². The van der Waals surface area contributed by atoms with Crippen LogP contribution in [0.15, 0.2) is 36.4 Å². The van der Waals surface area contributed by atoms with Crippen molar-refractivity contribution in [3.05, 3.63) is 63.4 Å². The summed E-state index contributed by atoms with van der Waals surface area (Å²) in [6, 6.07) is 8.96. The lowest BCUT2D eigenvalue weighted by Gasteiger charge is -2.15. The predicted octanol–water partition coefficient (Wildman–Crippen LogP) is 3.75. The summed E-state index contributed by atoms with van der Waals surface area (Å²) in [5, 5.41) is 5.98. The Kier molecular flexibility index (Phi) is 7.45. The number of ether oxygens (including phenoxy) is 1. The van der Waals surface area contributed by atoms with Gasteiger partial charge in [0.25, 0.3) is 11.8 Å². The second kappa shape index (κ2) is 9.58. The minimum Gasteiger partial charge on any atom is -0.481 e. The van der Waals surface area contributed by atoms with E-state index in [0.717, 1.165) is 0 Å². The van der Waals surface area contributed by atoms with Gasteiger partial charge in [-0.15, -0.1) is 0 Å². The molecule has 8 heteroatoms. The Balaban J connectivity index is 1.75. The zero-order valence-electron chi connectivity index (χ0n) is 14.8. The normalized spacial score (nSPS) is 11.6. The van der Waals surface area contributed by atoms with Gasteiger partial charge in [-0.2, -0.15) is 0 Å². The number of halogens is 3. The Bertz CT molecular complexity index is 846. The third kappa shape index (κ3) is 6.12. The van der Waals surface area contributed by atoms with Gasteiger partial charge in [0, 0.05) is 24.7 Å². The van der Waals surface area contributed by atoms with Crippen LogP contribution < -0.4 is 15.4 Å². The van der Waals surface area contributed by atoms with Crippen LogP contribution in [-0.4, -0.2) is 31.0 Å². The van der Waals surface area contributed by atoms with E-state index in [1.165, 1.54) is 18.2 Å². The SMILES string of the molecule is Cc1ccc(C(=O)NCCNC(=O)C(C)Oc2ccc(Cl)c(Cl)c2)cc1F. The molecule has 144 valence electrons. The molecule has 5 nitrogen and oxygen atoms in total. The van der Waals surface area contributed by atoms with E-state index in [-0.39, 0.29) is 24.6 Å². The van der Waals surface area contributed by atoms with E-state index in [2.05, 4.69) is 10.6 Å². The Labute approximate surface area is 166 Å². The summed E-state index contributed by atoms with van der Waals surface area (Å²) in [4.78, 5) is 24.0. The number of hydrogen-bond donors (Lipinski definition) is 2. The molecule has 0 spiro atoms. The minimum absolute atomic E-state index is 0.194. The third-order valence-electron chi connectivity index (χ3n) is 3.72. The van der Waals surface area contributed by atoms with E-state index < -0.39 is 17.8 Å². The molecule has 2 aromatic carbocycles. The molecule has 0 fully saturated rings. The van der Waals surface area contributed by atoms with E-state index in [0.29, 0.717) is 21.4 Å². The van der Waals surface area contributed by atoms with Gasteiger partial charge in [-0.25, -0.2) is 4.39 Å². The molecule has 0 heterocycles. The van der Waals surface area contributed by atoms with E-state index in [4.69, 9.17) is 27.9 Å². The first kappa shape index (κ1) is 21.0. The van der Waals surface area contributed by atoms with Crippen LogP contribution in [-0.2, 0) is 4.79 Å². The maximum Gasteiger partial charge on any atom is 0.260 e. The van der Waals surface area contributed by atoms with Crippen molar-refractivity contribution in [1.82, 2.24) is 10.6 Å². The standard InChI is InChI=1S/C19H19Cl2FN2O3/c1-11-3-4-13(9-17(11)22)19(26)24-8-7-23-18(25)12(2)27-14-5-6-15(20)16(21)10-14/h3-6,9-10,12H,7-8H2,1-2H3,(H,23,25)(H,24,26). The molecule has 2 N–H and O–H groups in total. The van der Waals surface area contributed by atoms with Crippen LogP contribution in [0.2, 0.25) is 10.0 Å². The van der Waals surface area contributed by atoms with Gasteiger partial charge in [-0.3, -0.25) is 9.59 Å². The highest BCUT2D eigenvalue weighted by molar-refractivity contribution is 6.42. The van der Waals surface area contributed by atoms with Gasteiger partial charge >= 0.3 is 0 Å². The van der Waals surface area contributed by atoms with Crippen LogP contribution in [0.5, 0.6) is 5.75 Å². The second-order valence-corrected chi connectivity index (χ2v) is 6.66. The Hall–Kier alpha value is -2.31. The van der Waals surface area contributed by atoms with Crippen molar-refractivity contribution in [2.45, 2.75) is 20.0 Å². The highest BCUT2D eigenvalue weighted by Gasteiger charge is 2.15. The molecular weight excluding hydrogens is 394 g/mol. The number of hydrogen-bond acceptors (Lipinski definition) is 3. The van der Waals surface area contributed by atoms with Gasteiger partial charge in [-0.05, 0) is 43.7 Å². The Morgan fingerprint density at radius 2 is 1.78 bits per heavy atom. The molecule has 0 bridgehead atoms. The summed E-state index contributed by atoms with van der Waals surface area (Å²) >= 11 is 11.7. The Morgan fingerprint density at radius 1 is 1.07 bits per heavy atom. The number of carbonyl (C=O) groups is 2. The molecular formula is C19H19Cl2FN2O3. The molecule has 0 saturated heterocycles. The van der Waals surface area contributed by atoms with Gasteiger partial charge in [0.1, 0.15) is 11.6 Å². The minimum atomic E-state index is -0.760. The first-order valence-electron chi connectivity index (χ1n) is 8.21. The molecule has 1 atom stereocenters. The summed E-state index contributed by atoms with van der Waals surface area (Å²) < 4.78 is 19.0. The first-order chi connectivity index (χ1) is 12.8. The number of carbonyl (C=O) groups excluding carboxylic acids is 2. The van der Waals surface area contributed by atoms with Gasteiger partial charge in [0.2, 0.25) is 0 Å². The number of aryl methyl sites for hydroxylation is 1. The highest BCUT2D eigenvalue weighted by atomic mass is 35.5. The van der Waals surface area contributed by atoms with E-state index >= 15 is 0 Å². The fourth-order valence-corrected chi connectivity index (χ4v) is 2.44. The molecule has 0 aliphatic carbocycles. The van der Waals surface area contributed by atoms with Gasteiger partial charge in [0.05, 0.1) is 10.0 Å². The van der Waals surface area contributed by atoms with Gasteiger partial charge < -0.3 is 15.4 Å². The molecule has 0 aliphatic rings. The molecule has 2 amide bonds. The monoisotopic (exact) mass is 412 g/mol. The lowest BCUT2D eigenvalue weighted by atomic mass is 10.1. The molecule has 1 unspecified atom stereocenters. The average Bonchev–Trinajstić information content (AvgIpc) is 2.63. The lowest BCUT2D eigenvalue weighted by molar-refractivity contribution is -0.127. The van der Waals surface area contributed by atoms with Gasteiger partial charge in [0.15, 0.2) is 6.10 Å². The summed E-state index contributed by atoms with van der Waals surface area (Å²) in [6.45, 7) is 3.60. The van der Waals surface area contributed by atoms with Crippen molar-refractivity contribution in [3.8, 4) is 5.75 Å². The van der Waals surface area contributed by atoms with Crippen molar-refractivity contribution in [1.29, 1.82) is 0 Å². The topological polar surface area (TPSA) is 67.4 Å². The molecule has 27 heavy (non-hydrogen) atoms. The number of benzene rings is 2. The number of amides is 2. The predicted molar refractivity (Wildman–Crippen MR) is 103 cm³/mol. The first-order valence-corrected chi connectivity index (χ1v) is 8.97. The smallest absolute Gasteiger partial charge is 0.260 e. The van der Waals surface area contributed by atoms with Crippen molar-refractivity contribution in [2.75, 3.05) is 13.1 Å². The van der Waals surface area contributed by atoms with Crippen LogP contribution in [0.1, 0.15) is 22.8 Å². The zero-order valence-corrected chi connectivity index (χ0v) is 16.3. The van der Waals surface area contributed by atoms with Crippen molar-refractivity contribution < 1.29 is 18.7 Å². The fraction of sp³-hybridized carbons (Fsp3) is 0.263. The van der Waals surface area contributed by atoms with Crippen LogP contribution in [0.3, 0.4) is 0 Å². The summed E-state index contributed by atoms with van der Waals surface area (Å²) in [5.74, 6) is -0.786. The zero-order chi connectivity index (χ0) is 20.0. The Morgan fingerprint density at radius 3 is 2.44 bits per heavy atom. The third-order valence-corrected chi connectivity index (χ3v) is 4.46. The molecule has 2 aromatic rings. The van der Waals surface area contributed by atoms with Crippen LogP contribution in [0, 0.1) is 12.7 Å². The quantitative estimate of drug-likeness (QED) is 0.680. The summed E-state index contributed by atoms with van der Waals surface area (Å²) in [5.41, 5.74) is 0.690. The maximum atomic E-state index is 13.5. The van der Waals surface area contributed by atoms with Gasteiger partial charge in [-0.1, -0.05) is 29.3 Å². The largest absolute Gasteiger partial charge is 0.481 e. The molecule has 0 saturated carbocycles. The van der Waals surface area contributed by atoms with Crippen molar-refractivity contribution in [3.63, 3.8) is 0 Å². The average molecular weight is 413 g/mol. The number of nitrogens with one attached hydrogen (secondary N) is 2. The van der Waals surface area contributed by atoms with E-state index in [9.17, 15) is 14.0 Å². The molecule has 0 aromatic heterocycles. The summed E-state index contributed by atoms with van der Waals surface area (Å²) in [7, 11) is 0. The maximum absolute atomic E-state index is 13.5. The molecule has 2 rings (SSSR count). The van der Waals surface area contributed by atoms with E-state index in [1.807, 2.05) is 0 Å². The number of rotatable bonds is 7. The second-order valence-electron chi connectivity index (χ2n) is 5.85. The lowest BCUT2D eigenvalue weighted by Crippen LogP contribution is -2.40. The summed E-state index contributed by atoms with van der Waals surface area (Å²) in [6.07, 6.45) is -0.760. The van der Waals surface area contributed by atoms with Crippen LogP contribution in [0.25, 0.3) is 0 Å².